The van der Waals surface area contributed by atoms with E-state index in [0.29, 0.717) is 24.3 Å². The van der Waals surface area contributed by atoms with Crippen molar-refractivity contribution in [2.45, 2.75) is 12.5 Å². The Hall–Kier alpha value is -2.14. The van der Waals surface area contributed by atoms with Gasteiger partial charge in [-0.1, -0.05) is 35.5 Å². The van der Waals surface area contributed by atoms with Crippen LogP contribution in [-0.2, 0) is 16.0 Å². The molecule has 0 aliphatic heterocycles. The number of rotatable bonds is 6. The van der Waals surface area contributed by atoms with Crippen molar-refractivity contribution in [2.75, 3.05) is 6.61 Å². The molecule has 5 heteroatoms. The molecule has 0 radical (unpaired) electrons. The van der Waals surface area contributed by atoms with Gasteiger partial charge in [-0.15, -0.1) is 0 Å². The number of carbonyl (C=O) groups is 1. The Bertz CT molecular complexity index is 495. The second-order valence-electron chi connectivity index (χ2n) is 3.75. The molecule has 1 unspecified atom stereocenters. The number of ether oxygens (including phenoxy) is 1. The maximum Gasteiger partial charge on any atom is 0.293 e. The van der Waals surface area contributed by atoms with E-state index in [9.17, 15) is 9.90 Å². The summed E-state index contributed by atoms with van der Waals surface area (Å²) in [5, 5.41) is 13.9. The van der Waals surface area contributed by atoms with Gasteiger partial charge in [-0.3, -0.25) is 4.79 Å². The van der Waals surface area contributed by atoms with Crippen molar-refractivity contribution in [1.82, 2.24) is 5.16 Å². The van der Waals surface area contributed by atoms with Gasteiger partial charge in [0.1, 0.15) is 6.10 Å². The standard InChI is InChI=1S/C13H13NO4/c15-9-17-7-6-11-8-12(18-14-11)13(16)10-4-2-1-3-5-10/h1-5,8-9,13,16H,6-7H2. The Morgan fingerprint density at radius 2 is 2.17 bits per heavy atom. The van der Waals surface area contributed by atoms with Gasteiger partial charge in [0.15, 0.2) is 5.76 Å². The minimum atomic E-state index is -0.834. The topological polar surface area (TPSA) is 72.6 Å². The highest BCUT2D eigenvalue weighted by molar-refractivity contribution is 5.36. The smallest absolute Gasteiger partial charge is 0.293 e. The van der Waals surface area contributed by atoms with Crippen LogP contribution in [0.1, 0.15) is 23.1 Å². The Balaban J connectivity index is 2.03. The van der Waals surface area contributed by atoms with Gasteiger partial charge in [0.2, 0.25) is 0 Å². The lowest BCUT2D eigenvalue weighted by atomic mass is 10.1. The van der Waals surface area contributed by atoms with Crippen LogP contribution < -0.4 is 0 Å². The van der Waals surface area contributed by atoms with Crippen LogP contribution in [0.3, 0.4) is 0 Å². The molecule has 0 aliphatic carbocycles. The normalized spacial score (nSPS) is 12.1. The van der Waals surface area contributed by atoms with Crippen molar-refractivity contribution in [1.29, 1.82) is 0 Å². The third-order valence-electron chi connectivity index (χ3n) is 2.51. The molecule has 0 amide bonds. The van der Waals surface area contributed by atoms with Gasteiger partial charge < -0.3 is 14.4 Å². The number of aliphatic hydroxyl groups excluding tert-OH is 1. The zero-order valence-corrected chi connectivity index (χ0v) is 9.65. The summed E-state index contributed by atoms with van der Waals surface area (Å²) in [5.74, 6) is 0.377. The average molecular weight is 247 g/mol. The first-order chi connectivity index (χ1) is 8.81. The van der Waals surface area contributed by atoms with E-state index in [1.165, 1.54) is 0 Å². The summed E-state index contributed by atoms with van der Waals surface area (Å²) in [6, 6.07) is 10.8. The molecule has 1 N–H and O–H groups in total. The van der Waals surface area contributed by atoms with Gasteiger partial charge in [-0.2, -0.15) is 0 Å². The number of carbonyl (C=O) groups excluding carboxylic acids is 1. The van der Waals surface area contributed by atoms with Gasteiger partial charge in [0.05, 0.1) is 12.3 Å². The summed E-state index contributed by atoms with van der Waals surface area (Å²) in [5.41, 5.74) is 1.38. The van der Waals surface area contributed by atoms with Crippen molar-refractivity contribution in [2.24, 2.45) is 0 Å². The minimum absolute atomic E-state index is 0.247. The molecular formula is C13H13NO4. The lowest BCUT2D eigenvalue weighted by molar-refractivity contribution is -0.128. The number of benzene rings is 1. The van der Waals surface area contributed by atoms with Crippen LogP contribution in [0.2, 0.25) is 0 Å². The lowest BCUT2D eigenvalue weighted by Crippen LogP contribution is -1.98. The van der Waals surface area contributed by atoms with Crippen LogP contribution in [0.5, 0.6) is 0 Å². The van der Waals surface area contributed by atoms with Gasteiger partial charge in [-0.05, 0) is 5.56 Å². The second kappa shape index (κ2) is 5.97. The molecular weight excluding hydrogens is 234 g/mol. The molecule has 18 heavy (non-hydrogen) atoms. The largest absolute Gasteiger partial charge is 0.467 e. The van der Waals surface area contributed by atoms with E-state index in [1.54, 1.807) is 6.07 Å². The molecule has 5 nitrogen and oxygen atoms in total. The number of hydrogen-bond acceptors (Lipinski definition) is 5. The second-order valence-corrected chi connectivity index (χ2v) is 3.75. The van der Waals surface area contributed by atoms with Crippen LogP contribution >= 0.6 is 0 Å². The summed E-state index contributed by atoms with van der Waals surface area (Å²) in [7, 11) is 0. The molecule has 1 aromatic carbocycles. The Kier molecular flexibility index (Phi) is 4.09. The fourth-order valence-electron chi connectivity index (χ4n) is 1.59. The molecule has 1 aromatic heterocycles. The van der Waals surface area contributed by atoms with E-state index in [4.69, 9.17) is 4.52 Å². The molecule has 2 aromatic rings. The SMILES string of the molecule is O=COCCc1cc(C(O)c2ccccc2)on1. The maximum atomic E-state index is 10.1. The molecule has 0 saturated carbocycles. The first-order valence-corrected chi connectivity index (χ1v) is 5.55. The van der Waals surface area contributed by atoms with E-state index in [-0.39, 0.29) is 6.61 Å². The fourth-order valence-corrected chi connectivity index (χ4v) is 1.59. The maximum absolute atomic E-state index is 10.1. The van der Waals surface area contributed by atoms with Gasteiger partial charge in [0.25, 0.3) is 6.47 Å². The number of aliphatic hydroxyl groups is 1. The van der Waals surface area contributed by atoms with E-state index >= 15 is 0 Å². The van der Waals surface area contributed by atoms with Crippen LogP contribution in [0.4, 0.5) is 0 Å². The van der Waals surface area contributed by atoms with Crippen LogP contribution in [0.15, 0.2) is 40.9 Å². The number of hydrogen-bond donors (Lipinski definition) is 1. The zero-order chi connectivity index (χ0) is 12.8. The molecule has 0 aliphatic rings. The van der Waals surface area contributed by atoms with E-state index in [0.717, 1.165) is 5.56 Å². The Labute approximate surface area is 104 Å². The van der Waals surface area contributed by atoms with E-state index < -0.39 is 6.10 Å². The average Bonchev–Trinajstić information content (AvgIpc) is 2.88. The summed E-state index contributed by atoms with van der Waals surface area (Å²) in [6.45, 7) is 0.636. The molecule has 0 spiro atoms. The molecule has 94 valence electrons. The van der Waals surface area contributed by atoms with Crippen molar-refractivity contribution < 1.29 is 19.2 Å². The first-order valence-electron chi connectivity index (χ1n) is 5.55. The van der Waals surface area contributed by atoms with Gasteiger partial charge >= 0.3 is 0 Å². The Morgan fingerprint density at radius 3 is 2.89 bits per heavy atom. The van der Waals surface area contributed by atoms with Crippen molar-refractivity contribution in [3.05, 3.63) is 53.4 Å². The molecule has 0 bridgehead atoms. The molecule has 1 heterocycles. The molecule has 2 rings (SSSR count). The fraction of sp³-hybridized carbons (Fsp3) is 0.231. The van der Waals surface area contributed by atoms with Crippen LogP contribution in [0.25, 0.3) is 0 Å². The Morgan fingerprint density at radius 1 is 1.39 bits per heavy atom. The van der Waals surface area contributed by atoms with Gasteiger partial charge in [0, 0.05) is 12.5 Å². The third kappa shape index (κ3) is 2.95. The summed E-state index contributed by atoms with van der Waals surface area (Å²) < 4.78 is 9.63. The molecule has 0 fully saturated rings. The highest BCUT2D eigenvalue weighted by Crippen LogP contribution is 2.22. The highest BCUT2D eigenvalue weighted by Gasteiger charge is 2.15. The van der Waals surface area contributed by atoms with Crippen LogP contribution in [-0.4, -0.2) is 23.3 Å². The monoisotopic (exact) mass is 247 g/mol. The summed E-state index contributed by atoms with van der Waals surface area (Å²) in [6.07, 6.45) is -0.372. The van der Waals surface area contributed by atoms with Crippen LogP contribution in [0, 0.1) is 0 Å². The van der Waals surface area contributed by atoms with E-state index in [1.807, 2.05) is 30.3 Å². The van der Waals surface area contributed by atoms with Crippen molar-refractivity contribution >= 4 is 6.47 Å². The number of nitrogens with zero attached hydrogens (tertiary/aromatic N) is 1. The first kappa shape index (κ1) is 12.3. The van der Waals surface area contributed by atoms with Gasteiger partial charge in [-0.25, -0.2) is 0 Å². The third-order valence-corrected chi connectivity index (χ3v) is 2.51. The van der Waals surface area contributed by atoms with E-state index in [2.05, 4.69) is 9.89 Å². The lowest BCUT2D eigenvalue weighted by Gasteiger charge is -2.05. The highest BCUT2D eigenvalue weighted by atomic mass is 16.5. The number of aromatic nitrogens is 1. The minimum Gasteiger partial charge on any atom is -0.467 e. The van der Waals surface area contributed by atoms with Crippen molar-refractivity contribution in [3.8, 4) is 0 Å². The predicted octanol–water partition coefficient (Wildman–Crippen LogP) is 1.47. The predicted molar refractivity (Wildman–Crippen MR) is 62.7 cm³/mol. The summed E-state index contributed by atoms with van der Waals surface area (Å²) >= 11 is 0. The zero-order valence-electron chi connectivity index (χ0n) is 9.65. The summed E-state index contributed by atoms with van der Waals surface area (Å²) in [4.78, 5) is 9.99. The quantitative estimate of drug-likeness (QED) is 0.618. The van der Waals surface area contributed by atoms with Crippen molar-refractivity contribution in [3.63, 3.8) is 0 Å². The molecule has 1 atom stereocenters. The molecule has 0 saturated heterocycles.